The van der Waals surface area contributed by atoms with E-state index in [2.05, 4.69) is 18.7 Å². The Labute approximate surface area is 160 Å². The molecular weight excluding hydrogens is 318 g/mol. The van der Waals surface area contributed by atoms with Gasteiger partial charge < -0.3 is 5.11 Å². The van der Waals surface area contributed by atoms with Crippen molar-refractivity contribution < 1.29 is 5.11 Å². The van der Waals surface area contributed by atoms with Crippen LogP contribution < -0.4 is 0 Å². The van der Waals surface area contributed by atoms with Crippen molar-refractivity contribution in [1.82, 2.24) is 4.90 Å². The Morgan fingerprint density at radius 2 is 1.65 bits per heavy atom. The summed E-state index contributed by atoms with van der Waals surface area (Å²) in [5.41, 5.74) is 0.840. The molecule has 0 aromatic rings. The Morgan fingerprint density at radius 3 is 2.46 bits per heavy atom. The van der Waals surface area contributed by atoms with Gasteiger partial charge >= 0.3 is 0 Å². The highest BCUT2D eigenvalue weighted by Crippen LogP contribution is 2.70. The van der Waals surface area contributed by atoms with Crippen LogP contribution in [-0.4, -0.2) is 35.2 Å². The van der Waals surface area contributed by atoms with Gasteiger partial charge in [-0.05, 0) is 124 Å². The first-order chi connectivity index (χ1) is 12.5. The van der Waals surface area contributed by atoms with E-state index in [-0.39, 0.29) is 11.5 Å². The topological polar surface area (TPSA) is 23.5 Å². The van der Waals surface area contributed by atoms with Crippen LogP contribution in [-0.2, 0) is 0 Å². The highest BCUT2D eigenvalue weighted by atomic mass is 16.3. The minimum absolute atomic E-state index is 0.0729. The fraction of sp³-hybridized carbons (Fsp3) is 1.00. The third-order valence-corrected chi connectivity index (χ3v) is 11.0. The Hall–Kier alpha value is -0.0800. The van der Waals surface area contributed by atoms with Crippen molar-refractivity contribution in [3.63, 3.8) is 0 Å². The van der Waals surface area contributed by atoms with Gasteiger partial charge in [0.1, 0.15) is 0 Å². The lowest BCUT2D eigenvalue weighted by Crippen LogP contribution is -2.54. The first-order valence-electron chi connectivity index (χ1n) is 11.9. The van der Waals surface area contributed by atoms with Gasteiger partial charge in [0.05, 0.1) is 6.10 Å². The number of hydrogen-bond acceptors (Lipinski definition) is 2. The van der Waals surface area contributed by atoms with E-state index in [0.717, 1.165) is 35.5 Å². The molecule has 5 saturated carbocycles. The molecule has 6 aliphatic rings. The minimum Gasteiger partial charge on any atom is -0.391 e. The number of nitrogens with zero attached hydrogens (tertiary/aromatic N) is 1. The molecule has 0 aromatic heterocycles. The Kier molecular flexibility index (Phi) is 3.56. The Bertz CT molecular complexity index is 585. The standard InChI is InChI=1S/C24H39NO/c1-23-8-7-19-18(6-5-17-12-15-11-16(15)14-24(17,19)2)20(23)13-21(22(23)26)25-9-3-4-10-25/h15-22,26H,3-14H2,1-2H3/t15-,16+,17-,18?,19?,20?,21-,22-,23-,24-/m0/s1. The molecule has 1 aliphatic heterocycles. The van der Waals surface area contributed by atoms with Crippen molar-refractivity contribution >= 4 is 0 Å². The molecule has 146 valence electrons. The molecule has 0 bridgehead atoms. The maximum absolute atomic E-state index is 11.4. The van der Waals surface area contributed by atoms with Crippen molar-refractivity contribution in [2.45, 2.75) is 90.2 Å². The Balaban J connectivity index is 1.29. The second kappa shape index (κ2) is 5.50. The minimum atomic E-state index is -0.0729. The van der Waals surface area contributed by atoms with E-state index in [1.165, 1.54) is 58.0 Å². The highest BCUT2D eigenvalue weighted by Gasteiger charge is 2.64. The summed E-state index contributed by atoms with van der Waals surface area (Å²) in [5.74, 6) is 5.90. The van der Waals surface area contributed by atoms with Crippen LogP contribution in [0.4, 0.5) is 0 Å². The summed E-state index contributed by atoms with van der Waals surface area (Å²) in [6, 6.07) is 0.468. The maximum atomic E-state index is 11.4. The van der Waals surface area contributed by atoms with Gasteiger partial charge in [0.25, 0.3) is 0 Å². The van der Waals surface area contributed by atoms with Crippen LogP contribution in [0.15, 0.2) is 0 Å². The van der Waals surface area contributed by atoms with Crippen molar-refractivity contribution in [2.75, 3.05) is 13.1 Å². The first kappa shape index (κ1) is 16.8. The highest BCUT2D eigenvalue weighted by molar-refractivity contribution is 5.14. The maximum Gasteiger partial charge on any atom is 0.0751 e. The van der Waals surface area contributed by atoms with E-state index >= 15 is 0 Å². The number of likely N-dealkylation sites (tertiary alicyclic amines) is 1. The van der Waals surface area contributed by atoms with E-state index in [0.29, 0.717) is 11.5 Å². The van der Waals surface area contributed by atoms with Crippen LogP contribution in [0.3, 0.4) is 0 Å². The quantitative estimate of drug-likeness (QED) is 0.734. The Morgan fingerprint density at radius 1 is 0.846 bits per heavy atom. The zero-order valence-corrected chi connectivity index (χ0v) is 17.0. The third-order valence-electron chi connectivity index (χ3n) is 11.0. The molecule has 2 nitrogen and oxygen atoms in total. The van der Waals surface area contributed by atoms with Crippen molar-refractivity contribution in [3.8, 4) is 0 Å². The van der Waals surface area contributed by atoms with E-state index in [1.54, 1.807) is 19.3 Å². The number of aliphatic hydroxyl groups is 1. The van der Waals surface area contributed by atoms with Crippen LogP contribution in [0.2, 0.25) is 0 Å². The predicted molar refractivity (Wildman–Crippen MR) is 105 cm³/mol. The van der Waals surface area contributed by atoms with Crippen molar-refractivity contribution in [1.29, 1.82) is 0 Å². The van der Waals surface area contributed by atoms with Gasteiger partial charge in [-0.15, -0.1) is 0 Å². The average molecular weight is 358 g/mol. The third kappa shape index (κ3) is 2.12. The second-order valence-corrected chi connectivity index (χ2v) is 11.9. The molecule has 1 N–H and O–H groups in total. The van der Waals surface area contributed by atoms with Gasteiger partial charge in [0, 0.05) is 6.04 Å². The molecule has 26 heavy (non-hydrogen) atoms. The average Bonchev–Trinajstić information content (AvgIpc) is 3.02. The molecule has 6 rings (SSSR count). The molecular formula is C24H39NO. The molecule has 0 aromatic carbocycles. The zero-order valence-electron chi connectivity index (χ0n) is 17.0. The lowest BCUT2D eigenvalue weighted by molar-refractivity contribution is -0.123. The summed E-state index contributed by atoms with van der Waals surface area (Å²) in [4.78, 5) is 2.66. The lowest BCUT2D eigenvalue weighted by atomic mass is 9.45. The monoisotopic (exact) mass is 357 g/mol. The molecule has 3 unspecified atom stereocenters. The fourth-order valence-electron chi connectivity index (χ4n) is 9.43. The molecule has 6 fully saturated rings. The van der Waals surface area contributed by atoms with Gasteiger partial charge in [-0.3, -0.25) is 4.90 Å². The molecule has 5 aliphatic carbocycles. The van der Waals surface area contributed by atoms with Crippen LogP contribution in [0.1, 0.15) is 78.1 Å². The summed E-state index contributed by atoms with van der Waals surface area (Å²) in [5, 5.41) is 11.4. The largest absolute Gasteiger partial charge is 0.391 e. The van der Waals surface area contributed by atoms with Crippen molar-refractivity contribution in [2.24, 2.45) is 46.3 Å². The number of hydrogen-bond donors (Lipinski definition) is 1. The van der Waals surface area contributed by atoms with E-state index in [9.17, 15) is 5.11 Å². The van der Waals surface area contributed by atoms with Crippen LogP contribution in [0.5, 0.6) is 0 Å². The van der Waals surface area contributed by atoms with Gasteiger partial charge in [-0.25, -0.2) is 0 Å². The zero-order chi connectivity index (χ0) is 17.7. The van der Waals surface area contributed by atoms with Gasteiger partial charge in [0.2, 0.25) is 0 Å². The lowest BCUT2D eigenvalue weighted by Gasteiger charge is -2.60. The summed E-state index contributed by atoms with van der Waals surface area (Å²) in [6.45, 7) is 7.65. The molecule has 0 radical (unpaired) electrons. The van der Waals surface area contributed by atoms with E-state index < -0.39 is 0 Å². The fourth-order valence-corrected chi connectivity index (χ4v) is 9.43. The normalized spacial score (nSPS) is 61.5. The van der Waals surface area contributed by atoms with Crippen LogP contribution in [0.25, 0.3) is 0 Å². The molecule has 1 heterocycles. The van der Waals surface area contributed by atoms with Crippen LogP contribution in [0, 0.1) is 46.3 Å². The molecule has 2 heteroatoms. The van der Waals surface area contributed by atoms with Crippen LogP contribution >= 0.6 is 0 Å². The smallest absolute Gasteiger partial charge is 0.0751 e. The predicted octanol–water partition coefficient (Wildman–Crippen LogP) is 4.71. The SMILES string of the molecule is C[C@]12CCC3C(CC[C@H]4C[C@@H]5C[C@@H]5C[C@]34C)C1C[C@H](N1CCCC1)[C@@H]2O. The van der Waals surface area contributed by atoms with Crippen molar-refractivity contribution in [3.05, 3.63) is 0 Å². The number of fused-ring (bicyclic) bond motifs is 6. The summed E-state index contributed by atoms with van der Waals surface area (Å²) < 4.78 is 0. The molecule has 1 saturated heterocycles. The summed E-state index contributed by atoms with van der Waals surface area (Å²) >= 11 is 0. The van der Waals surface area contributed by atoms with Gasteiger partial charge in [0.15, 0.2) is 0 Å². The first-order valence-corrected chi connectivity index (χ1v) is 11.9. The van der Waals surface area contributed by atoms with Gasteiger partial charge in [-0.1, -0.05) is 13.8 Å². The number of aliphatic hydroxyl groups excluding tert-OH is 1. The second-order valence-electron chi connectivity index (χ2n) is 11.9. The van der Waals surface area contributed by atoms with E-state index in [1.807, 2.05) is 0 Å². The molecule has 0 amide bonds. The van der Waals surface area contributed by atoms with Gasteiger partial charge in [-0.2, -0.15) is 0 Å². The molecule has 10 atom stereocenters. The summed E-state index contributed by atoms with van der Waals surface area (Å²) in [7, 11) is 0. The summed E-state index contributed by atoms with van der Waals surface area (Å²) in [6.07, 6.45) is 14.3. The molecule has 0 spiro atoms. The number of rotatable bonds is 1. The van der Waals surface area contributed by atoms with E-state index in [4.69, 9.17) is 0 Å².